The molecule has 3 aromatic rings. The van der Waals surface area contributed by atoms with Gasteiger partial charge in [-0.25, -0.2) is 9.50 Å². The smallest absolute Gasteiger partial charge is 0.271 e. The van der Waals surface area contributed by atoms with Crippen LogP contribution in [0.3, 0.4) is 0 Å². The summed E-state index contributed by atoms with van der Waals surface area (Å²) >= 11 is 4.22. The number of anilines is 1. The number of ether oxygens (including phenoxy) is 1. The first-order valence-electron chi connectivity index (χ1n) is 7.52. The van der Waals surface area contributed by atoms with Crippen molar-refractivity contribution in [3.05, 3.63) is 42.7 Å². The van der Waals surface area contributed by atoms with Gasteiger partial charge in [0.2, 0.25) is 5.44 Å². The van der Waals surface area contributed by atoms with Crippen LogP contribution in [0.2, 0.25) is 0 Å². The monoisotopic (exact) mass is 341 g/mol. The normalized spacial score (nSPS) is 17.7. The van der Waals surface area contributed by atoms with Crippen molar-refractivity contribution in [1.29, 1.82) is 0 Å². The van der Waals surface area contributed by atoms with Crippen molar-refractivity contribution in [2.75, 3.05) is 18.4 Å². The van der Waals surface area contributed by atoms with E-state index >= 15 is 0 Å². The molecule has 1 aliphatic rings. The van der Waals surface area contributed by atoms with Crippen molar-refractivity contribution in [3.63, 3.8) is 0 Å². The van der Waals surface area contributed by atoms with Crippen LogP contribution >= 0.6 is 12.6 Å². The second kappa shape index (κ2) is 6.04. The molecule has 0 radical (unpaired) electrons. The first-order chi connectivity index (χ1) is 11.7. The molecule has 1 unspecified atom stereocenters. The second-order valence-electron chi connectivity index (χ2n) is 5.36. The lowest BCUT2D eigenvalue weighted by molar-refractivity contribution is -0.124. The predicted octanol–water partition coefficient (Wildman–Crippen LogP) is 1.57. The zero-order chi connectivity index (χ0) is 16.5. The first kappa shape index (κ1) is 14.8. The van der Waals surface area contributed by atoms with E-state index in [1.54, 1.807) is 16.8 Å². The van der Waals surface area contributed by atoms with Gasteiger partial charge < -0.3 is 15.4 Å². The van der Waals surface area contributed by atoms with Crippen LogP contribution in [0, 0.1) is 0 Å². The van der Waals surface area contributed by atoms with Crippen LogP contribution < -0.4 is 15.4 Å². The molecule has 1 amide bonds. The Morgan fingerprint density at radius 1 is 1.25 bits per heavy atom. The molecule has 2 aromatic heterocycles. The maximum atomic E-state index is 12.0. The van der Waals surface area contributed by atoms with Crippen LogP contribution in [-0.4, -0.2) is 39.0 Å². The third kappa shape index (κ3) is 2.76. The van der Waals surface area contributed by atoms with Crippen molar-refractivity contribution in [1.82, 2.24) is 19.9 Å². The number of carbonyl (C=O) groups excluding carboxylic acids is 1. The Morgan fingerprint density at radius 3 is 3.04 bits per heavy atom. The number of hydrogen-bond acceptors (Lipinski definition) is 6. The lowest BCUT2D eigenvalue weighted by Crippen LogP contribution is -2.37. The summed E-state index contributed by atoms with van der Waals surface area (Å²) in [6.45, 7) is 0.989. The van der Waals surface area contributed by atoms with Crippen molar-refractivity contribution in [2.24, 2.45) is 0 Å². The molecule has 0 saturated carbocycles. The highest BCUT2D eigenvalue weighted by atomic mass is 32.1. The Labute approximate surface area is 143 Å². The fourth-order valence-corrected chi connectivity index (χ4v) is 2.77. The van der Waals surface area contributed by atoms with E-state index in [2.05, 4.69) is 33.3 Å². The average molecular weight is 341 g/mol. The number of fused-ring (bicyclic) bond motifs is 4. The van der Waals surface area contributed by atoms with Gasteiger partial charge in [0.1, 0.15) is 11.6 Å². The van der Waals surface area contributed by atoms with Gasteiger partial charge in [0.15, 0.2) is 5.65 Å². The number of rotatable bonds is 0. The van der Waals surface area contributed by atoms with Gasteiger partial charge in [0.25, 0.3) is 5.91 Å². The van der Waals surface area contributed by atoms with Gasteiger partial charge >= 0.3 is 0 Å². The highest BCUT2D eigenvalue weighted by molar-refractivity contribution is 7.81. The minimum atomic E-state index is -0.869. The van der Waals surface area contributed by atoms with E-state index in [0.29, 0.717) is 18.8 Å². The van der Waals surface area contributed by atoms with Crippen LogP contribution in [0.25, 0.3) is 16.8 Å². The zero-order valence-corrected chi connectivity index (χ0v) is 13.5. The molecule has 4 bridgehead atoms. The van der Waals surface area contributed by atoms with Gasteiger partial charge in [-0.05, 0) is 23.8 Å². The summed E-state index contributed by atoms with van der Waals surface area (Å²) in [7, 11) is 0. The number of hydrogen-bond donors (Lipinski definition) is 3. The molecule has 122 valence electrons. The van der Waals surface area contributed by atoms with Gasteiger partial charge in [0.05, 0.1) is 6.20 Å². The Hall–Kier alpha value is -2.74. The molecule has 0 fully saturated rings. The first-order valence-corrected chi connectivity index (χ1v) is 8.03. The van der Waals surface area contributed by atoms with E-state index < -0.39 is 5.44 Å². The molecular weight excluding hydrogens is 326 g/mol. The quantitative estimate of drug-likeness (QED) is 0.541. The van der Waals surface area contributed by atoms with Gasteiger partial charge in [-0.15, -0.1) is 12.6 Å². The SMILES string of the molecule is O=C1NCCNc2ccn3ncc(c3n2)-c2cccc(c2)OC1S. The van der Waals surface area contributed by atoms with Crippen LogP contribution in [-0.2, 0) is 4.79 Å². The molecule has 3 heterocycles. The van der Waals surface area contributed by atoms with Gasteiger partial charge in [0, 0.05) is 24.8 Å². The number of nitrogens with zero attached hydrogens (tertiary/aromatic N) is 3. The van der Waals surface area contributed by atoms with Crippen molar-refractivity contribution in [3.8, 4) is 16.9 Å². The molecule has 8 heteroatoms. The minimum absolute atomic E-state index is 0.280. The van der Waals surface area contributed by atoms with E-state index in [9.17, 15) is 4.79 Å². The molecule has 2 N–H and O–H groups in total. The number of amides is 1. The Bertz CT molecular complexity index is 910. The third-order valence-electron chi connectivity index (χ3n) is 3.72. The van der Waals surface area contributed by atoms with E-state index in [4.69, 9.17) is 4.74 Å². The molecule has 1 aromatic carbocycles. The summed E-state index contributed by atoms with van der Waals surface area (Å²) in [5.74, 6) is 1.01. The lowest BCUT2D eigenvalue weighted by atomic mass is 10.1. The zero-order valence-electron chi connectivity index (χ0n) is 12.6. The predicted molar refractivity (Wildman–Crippen MR) is 93.3 cm³/mol. The number of thiol groups is 1. The Morgan fingerprint density at radius 2 is 2.12 bits per heavy atom. The summed E-state index contributed by atoms with van der Waals surface area (Å²) < 4.78 is 7.35. The number of aromatic nitrogens is 3. The Balaban J connectivity index is 1.83. The minimum Gasteiger partial charge on any atom is -0.470 e. The topological polar surface area (TPSA) is 80.6 Å². The Kier molecular flexibility index (Phi) is 3.73. The van der Waals surface area contributed by atoms with Crippen molar-refractivity contribution < 1.29 is 9.53 Å². The van der Waals surface area contributed by atoms with E-state index in [1.807, 2.05) is 30.5 Å². The lowest BCUT2D eigenvalue weighted by Gasteiger charge is -2.15. The highest BCUT2D eigenvalue weighted by Crippen LogP contribution is 2.28. The molecule has 7 nitrogen and oxygen atoms in total. The standard InChI is InChI=1S/C16H15N5O2S/c22-15-16(24)23-11-3-1-2-10(8-11)12-9-19-21-7-4-13(20-14(12)21)17-5-6-18-15/h1-4,7-9,16,24H,5-6H2,(H,17,20)(H,18,22). The molecule has 0 aliphatic carbocycles. The summed E-state index contributed by atoms with van der Waals surface area (Å²) in [6, 6.07) is 9.29. The van der Waals surface area contributed by atoms with Gasteiger partial charge in [-0.2, -0.15) is 5.10 Å². The molecule has 1 atom stereocenters. The number of carbonyl (C=O) groups is 1. The average Bonchev–Trinajstić information content (AvgIpc) is 3.01. The second-order valence-corrected chi connectivity index (χ2v) is 5.82. The van der Waals surface area contributed by atoms with Crippen molar-refractivity contribution >= 4 is 30.0 Å². The summed E-state index contributed by atoms with van der Waals surface area (Å²) in [5.41, 5.74) is 1.68. The van der Waals surface area contributed by atoms with Crippen molar-refractivity contribution in [2.45, 2.75) is 5.44 Å². The van der Waals surface area contributed by atoms with Crippen LogP contribution in [0.1, 0.15) is 0 Å². The van der Waals surface area contributed by atoms with Crippen LogP contribution in [0.15, 0.2) is 42.7 Å². The van der Waals surface area contributed by atoms with E-state index in [0.717, 1.165) is 22.6 Å². The molecule has 0 spiro atoms. The van der Waals surface area contributed by atoms with Crippen LogP contribution in [0.5, 0.6) is 5.75 Å². The number of benzene rings is 1. The maximum Gasteiger partial charge on any atom is 0.271 e. The molecular formula is C16H15N5O2S. The summed E-state index contributed by atoms with van der Waals surface area (Å²) in [4.78, 5) is 16.6. The highest BCUT2D eigenvalue weighted by Gasteiger charge is 2.17. The molecule has 0 saturated heterocycles. The van der Waals surface area contributed by atoms with Gasteiger partial charge in [-0.1, -0.05) is 12.1 Å². The molecule has 1 aliphatic heterocycles. The largest absolute Gasteiger partial charge is 0.470 e. The number of nitrogens with one attached hydrogen (secondary N) is 2. The van der Waals surface area contributed by atoms with E-state index in [-0.39, 0.29) is 5.91 Å². The summed E-state index contributed by atoms with van der Waals surface area (Å²) in [6.07, 6.45) is 3.62. The van der Waals surface area contributed by atoms with Crippen LogP contribution in [0.4, 0.5) is 5.82 Å². The molecule has 24 heavy (non-hydrogen) atoms. The summed E-state index contributed by atoms with van der Waals surface area (Å²) in [5, 5.41) is 10.3. The fraction of sp³-hybridized carbons (Fsp3) is 0.188. The third-order valence-corrected chi connectivity index (χ3v) is 4.06. The fourth-order valence-electron chi connectivity index (χ4n) is 2.55. The molecule has 4 rings (SSSR count). The van der Waals surface area contributed by atoms with E-state index in [1.165, 1.54) is 0 Å². The maximum absolute atomic E-state index is 12.0. The van der Waals surface area contributed by atoms with Gasteiger partial charge in [-0.3, -0.25) is 4.79 Å².